The van der Waals surface area contributed by atoms with Crippen LogP contribution in [0.2, 0.25) is 0 Å². The number of halogens is 1. The number of ether oxygens (including phenoxy) is 2. The fourth-order valence-corrected chi connectivity index (χ4v) is 3.88. The molecule has 2 aromatic carbocycles. The molecule has 5 nitrogen and oxygen atoms in total. The minimum atomic E-state index is -1.13. The first-order valence-electron chi connectivity index (χ1n) is 9.86. The summed E-state index contributed by atoms with van der Waals surface area (Å²) in [6.45, 7) is 3.75. The third-order valence-corrected chi connectivity index (χ3v) is 5.67. The van der Waals surface area contributed by atoms with E-state index in [1.807, 2.05) is 50.3 Å². The zero-order valence-corrected chi connectivity index (χ0v) is 18.8. The molecule has 160 valence electrons. The maximum Gasteiger partial charge on any atom is 0.253 e. The molecule has 1 atom stereocenters. The molecule has 6 heteroatoms. The van der Waals surface area contributed by atoms with Crippen LogP contribution in [-0.4, -0.2) is 25.1 Å². The number of amides is 1. The number of hydrogen-bond donors (Lipinski definition) is 1. The average Bonchev–Trinajstić information content (AvgIpc) is 2.78. The third kappa shape index (κ3) is 4.76. The Labute approximate surface area is 187 Å². The van der Waals surface area contributed by atoms with Gasteiger partial charge in [-0.1, -0.05) is 48.0 Å². The lowest BCUT2D eigenvalue weighted by atomic mass is 9.76. The highest BCUT2D eigenvalue weighted by atomic mass is 35.5. The lowest BCUT2D eigenvalue weighted by molar-refractivity contribution is 0.0937. The second-order valence-electron chi connectivity index (χ2n) is 7.89. The summed E-state index contributed by atoms with van der Waals surface area (Å²) in [7, 11) is 3.05. The summed E-state index contributed by atoms with van der Waals surface area (Å²) < 4.78 is 10.5. The zero-order valence-electron chi connectivity index (χ0n) is 18.0. The summed E-state index contributed by atoms with van der Waals surface area (Å²) in [5, 5.41) is 12.6. The van der Waals surface area contributed by atoms with Crippen molar-refractivity contribution in [3.63, 3.8) is 0 Å². The number of hydrogen-bond acceptors (Lipinski definition) is 4. The summed E-state index contributed by atoms with van der Waals surface area (Å²) in [5.41, 5.74) is 2.48. The molecule has 0 aromatic heterocycles. The van der Waals surface area contributed by atoms with Gasteiger partial charge in [0.05, 0.1) is 25.7 Å². The molecular formula is C25H25ClN2O3. The minimum Gasteiger partial charge on any atom is -0.493 e. The van der Waals surface area contributed by atoms with Crippen LogP contribution >= 0.6 is 11.6 Å². The van der Waals surface area contributed by atoms with E-state index in [1.54, 1.807) is 24.3 Å². The van der Waals surface area contributed by atoms with Crippen LogP contribution in [0.3, 0.4) is 0 Å². The number of nitriles is 1. The van der Waals surface area contributed by atoms with Gasteiger partial charge in [-0.15, -0.1) is 0 Å². The number of carbonyl (C=O) groups is 1. The Morgan fingerprint density at radius 3 is 2.42 bits per heavy atom. The summed E-state index contributed by atoms with van der Waals surface area (Å²) in [4.78, 5) is 11.8. The molecular weight excluding hydrogens is 412 g/mol. The van der Waals surface area contributed by atoms with Crippen LogP contribution in [0.5, 0.6) is 11.5 Å². The quantitative estimate of drug-likeness (QED) is 0.490. The molecule has 1 aliphatic rings. The van der Waals surface area contributed by atoms with Gasteiger partial charge < -0.3 is 14.8 Å². The van der Waals surface area contributed by atoms with Gasteiger partial charge in [-0.2, -0.15) is 5.26 Å². The van der Waals surface area contributed by atoms with Gasteiger partial charge in [0, 0.05) is 12.0 Å². The van der Waals surface area contributed by atoms with Crippen LogP contribution in [-0.2, 0) is 0 Å². The minimum absolute atomic E-state index is 0.337. The predicted molar refractivity (Wildman–Crippen MR) is 122 cm³/mol. The lowest BCUT2D eigenvalue weighted by Gasteiger charge is -2.34. The van der Waals surface area contributed by atoms with Crippen LogP contribution in [0.15, 0.2) is 66.3 Å². The average molecular weight is 437 g/mol. The standard InChI is InChI=1S/C25H25ClN2O3/c1-24(2,16-27)20-12-13-25(26,15-19(20)17-8-6-5-7-9-17)28-23(29)18-10-11-21(30-3)22(14-18)31-4/h5-14H,15H2,1-4H3,(H,28,29). The molecule has 1 amide bonds. The second kappa shape index (κ2) is 8.87. The highest BCUT2D eigenvalue weighted by Crippen LogP contribution is 2.43. The van der Waals surface area contributed by atoms with E-state index in [0.29, 0.717) is 23.5 Å². The number of carbonyl (C=O) groups excluding carboxylic acids is 1. The number of rotatable bonds is 6. The van der Waals surface area contributed by atoms with Crippen LogP contribution in [0.25, 0.3) is 5.57 Å². The van der Waals surface area contributed by atoms with Gasteiger partial charge in [0.25, 0.3) is 5.91 Å². The number of nitrogens with zero attached hydrogens (tertiary/aromatic N) is 1. The normalized spacial score (nSPS) is 18.3. The highest BCUT2D eigenvalue weighted by Gasteiger charge is 2.36. The van der Waals surface area contributed by atoms with E-state index < -0.39 is 10.4 Å². The van der Waals surface area contributed by atoms with Crippen molar-refractivity contribution >= 4 is 23.1 Å². The molecule has 3 rings (SSSR count). The number of methoxy groups -OCH3 is 2. The molecule has 0 bridgehead atoms. The number of alkyl halides is 1. The van der Waals surface area contributed by atoms with Gasteiger partial charge in [0.15, 0.2) is 11.5 Å². The van der Waals surface area contributed by atoms with Crippen molar-refractivity contribution in [1.29, 1.82) is 5.26 Å². The first-order valence-corrected chi connectivity index (χ1v) is 10.2. The van der Waals surface area contributed by atoms with E-state index in [-0.39, 0.29) is 5.91 Å². The van der Waals surface area contributed by atoms with Gasteiger partial charge in [-0.25, -0.2) is 0 Å². The molecule has 0 fully saturated rings. The Hall–Kier alpha value is -3.23. The monoisotopic (exact) mass is 436 g/mol. The number of nitrogens with one attached hydrogen (secondary N) is 1. The van der Waals surface area contributed by atoms with Crippen molar-refractivity contribution in [2.24, 2.45) is 5.41 Å². The summed E-state index contributed by atoms with van der Waals surface area (Å²) in [6.07, 6.45) is 3.93. The van der Waals surface area contributed by atoms with Gasteiger partial charge >= 0.3 is 0 Å². The van der Waals surface area contributed by atoms with Gasteiger partial charge in [-0.05, 0) is 54.8 Å². The van der Waals surface area contributed by atoms with E-state index >= 15 is 0 Å². The summed E-state index contributed by atoms with van der Waals surface area (Å²) >= 11 is 6.86. The molecule has 1 N–H and O–H groups in total. The van der Waals surface area contributed by atoms with E-state index in [1.165, 1.54) is 14.2 Å². The molecule has 31 heavy (non-hydrogen) atoms. The Kier molecular flexibility index (Phi) is 6.42. The lowest BCUT2D eigenvalue weighted by Crippen LogP contribution is -2.44. The fourth-order valence-electron chi connectivity index (χ4n) is 3.59. The topological polar surface area (TPSA) is 71.3 Å². The predicted octanol–water partition coefficient (Wildman–Crippen LogP) is 5.33. The zero-order chi connectivity index (χ0) is 22.6. The summed E-state index contributed by atoms with van der Waals surface area (Å²) in [6, 6.07) is 17.1. The van der Waals surface area contributed by atoms with Crippen molar-refractivity contribution in [3.8, 4) is 17.6 Å². The Morgan fingerprint density at radius 2 is 1.81 bits per heavy atom. The van der Waals surface area contributed by atoms with Crippen LogP contribution < -0.4 is 14.8 Å². The van der Waals surface area contributed by atoms with Crippen molar-refractivity contribution in [2.75, 3.05) is 14.2 Å². The van der Waals surface area contributed by atoms with Crippen molar-refractivity contribution < 1.29 is 14.3 Å². The highest BCUT2D eigenvalue weighted by molar-refractivity contribution is 6.27. The Morgan fingerprint density at radius 1 is 1.13 bits per heavy atom. The second-order valence-corrected chi connectivity index (χ2v) is 8.57. The van der Waals surface area contributed by atoms with Gasteiger partial charge in [0.2, 0.25) is 0 Å². The van der Waals surface area contributed by atoms with E-state index in [9.17, 15) is 10.1 Å². The number of allylic oxidation sites excluding steroid dienone is 2. The number of benzene rings is 2. The molecule has 0 saturated carbocycles. The maximum absolute atomic E-state index is 13.0. The van der Waals surface area contributed by atoms with E-state index in [4.69, 9.17) is 21.1 Å². The van der Waals surface area contributed by atoms with E-state index in [2.05, 4.69) is 11.4 Å². The molecule has 2 aromatic rings. The Bertz CT molecular complexity index is 1080. The van der Waals surface area contributed by atoms with Crippen LogP contribution in [0.4, 0.5) is 0 Å². The van der Waals surface area contributed by atoms with Crippen molar-refractivity contribution in [2.45, 2.75) is 25.3 Å². The summed E-state index contributed by atoms with van der Waals surface area (Å²) in [5.74, 6) is 0.659. The van der Waals surface area contributed by atoms with Gasteiger partial charge in [0.1, 0.15) is 5.00 Å². The van der Waals surface area contributed by atoms with Crippen LogP contribution in [0, 0.1) is 16.7 Å². The molecule has 1 aliphatic carbocycles. The molecule has 0 aliphatic heterocycles. The smallest absolute Gasteiger partial charge is 0.253 e. The Balaban J connectivity index is 1.93. The van der Waals surface area contributed by atoms with Gasteiger partial charge in [-0.3, -0.25) is 4.79 Å². The molecule has 0 spiro atoms. The molecule has 0 radical (unpaired) electrons. The first kappa shape index (κ1) is 22.5. The first-order chi connectivity index (χ1) is 14.7. The van der Waals surface area contributed by atoms with E-state index in [0.717, 1.165) is 16.7 Å². The maximum atomic E-state index is 13.0. The van der Waals surface area contributed by atoms with Crippen molar-refractivity contribution in [3.05, 3.63) is 77.4 Å². The molecule has 0 heterocycles. The largest absolute Gasteiger partial charge is 0.493 e. The SMILES string of the molecule is COc1ccc(C(=O)NC2(Cl)C=CC(C(C)(C)C#N)=C(c3ccccc3)C2)cc1OC. The molecule has 0 saturated heterocycles. The third-order valence-electron chi connectivity index (χ3n) is 5.32. The van der Waals surface area contributed by atoms with Crippen molar-refractivity contribution in [1.82, 2.24) is 5.32 Å². The molecule has 1 unspecified atom stereocenters. The fraction of sp³-hybridized carbons (Fsp3) is 0.280. The van der Waals surface area contributed by atoms with Crippen LogP contribution in [0.1, 0.15) is 36.2 Å².